The summed E-state index contributed by atoms with van der Waals surface area (Å²) in [6.07, 6.45) is 1.85. The van der Waals surface area contributed by atoms with Crippen LogP contribution in [0.1, 0.15) is 10.0 Å². The van der Waals surface area contributed by atoms with Gasteiger partial charge in [0.25, 0.3) is 0 Å². The van der Waals surface area contributed by atoms with Crippen LogP contribution in [0.4, 0.5) is 10.1 Å². The topological polar surface area (TPSA) is 29.1 Å². The molecule has 1 N–H and O–H groups in total. The van der Waals surface area contributed by atoms with Gasteiger partial charge in [0.1, 0.15) is 0 Å². The van der Waals surface area contributed by atoms with Crippen molar-refractivity contribution in [2.24, 2.45) is 0 Å². The molecule has 2 aromatic rings. The molecule has 84 valence electrons. The monoisotopic (exact) mass is 293 g/mol. The molecule has 1 aromatic heterocycles. The third kappa shape index (κ3) is 1.86. The minimum atomic E-state index is -0.324. The van der Waals surface area contributed by atoms with Crippen molar-refractivity contribution in [3.63, 3.8) is 0 Å². The van der Waals surface area contributed by atoms with Gasteiger partial charge in [-0.25, -0.2) is 0 Å². The normalized spacial score (nSPS) is 16.1. The van der Waals surface area contributed by atoms with Gasteiger partial charge < -0.3 is 0 Å². The van der Waals surface area contributed by atoms with Crippen molar-refractivity contribution in [2.45, 2.75) is 0 Å². The maximum absolute atomic E-state index is 13.2. The number of hydrogen-bond donors (Lipinski definition) is 1. The Morgan fingerprint density at radius 1 is 1.29 bits per heavy atom. The summed E-state index contributed by atoms with van der Waals surface area (Å²) in [6, 6.07) is 8.30. The zero-order valence-electron chi connectivity index (χ0n) is 8.74. The van der Waals surface area contributed by atoms with Crippen LogP contribution in [0.15, 0.2) is 35.3 Å². The number of carbonyl (C=O) groups is 1. The second-order valence-electron chi connectivity index (χ2n) is 3.72. The first kappa shape index (κ1) is 10.5. The molecule has 0 radical (unpaired) electrons. The number of anilines is 1. The molecule has 2 nitrogen and oxygen atoms in total. The van der Waals surface area contributed by atoms with E-state index in [1.807, 2.05) is 18.2 Å². The molecule has 0 bridgehead atoms. The Morgan fingerprint density at radius 2 is 2.18 bits per heavy atom. The first-order valence-corrected chi connectivity index (χ1v) is 6.95. The number of nitrogens with one attached hydrogen (secondary N) is 1. The quantitative estimate of drug-likeness (QED) is 0.634. The van der Waals surface area contributed by atoms with Crippen molar-refractivity contribution >= 4 is 37.7 Å². The van der Waals surface area contributed by atoms with E-state index in [9.17, 15) is 9.18 Å². The summed E-state index contributed by atoms with van der Waals surface area (Å²) in [7, 11) is 0. The molecule has 0 saturated carbocycles. The van der Waals surface area contributed by atoms with E-state index in [1.54, 1.807) is 6.07 Å². The Labute approximate surface area is 104 Å². The van der Waals surface area contributed by atoms with E-state index in [2.05, 4.69) is 10.3 Å². The summed E-state index contributed by atoms with van der Waals surface area (Å²) >= 11 is 0.281. The number of amides is 1. The van der Waals surface area contributed by atoms with Gasteiger partial charge in [-0.05, 0) is 0 Å². The van der Waals surface area contributed by atoms with Crippen LogP contribution in [0, 0.1) is 5.82 Å². The molecule has 0 saturated heterocycles. The summed E-state index contributed by atoms with van der Waals surface area (Å²) in [6.45, 7) is 0. The van der Waals surface area contributed by atoms with Gasteiger partial charge in [-0.3, -0.25) is 0 Å². The second kappa shape index (κ2) is 3.99. The first-order valence-electron chi connectivity index (χ1n) is 5.10. The number of carbonyl (C=O) groups excluding carboxylic acids is 1. The van der Waals surface area contributed by atoms with Crippen molar-refractivity contribution in [3.8, 4) is 0 Å². The number of rotatable bonds is 1. The van der Waals surface area contributed by atoms with Crippen LogP contribution >= 0.6 is 0 Å². The Kier molecular flexibility index (Phi) is 2.46. The van der Waals surface area contributed by atoms with E-state index in [0.29, 0.717) is 16.8 Å². The fourth-order valence-corrected chi connectivity index (χ4v) is 3.20. The Hall–Kier alpha value is -1.64. The average molecular weight is 292 g/mol. The van der Waals surface area contributed by atoms with E-state index in [0.717, 1.165) is 4.44 Å². The Morgan fingerprint density at radius 3 is 2.94 bits per heavy atom. The third-order valence-electron chi connectivity index (χ3n) is 2.59. The molecule has 4 heteroatoms. The van der Waals surface area contributed by atoms with Gasteiger partial charge in [-0.2, -0.15) is 0 Å². The van der Waals surface area contributed by atoms with E-state index in [-0.39, 0.29) is 26.2 Å². The zero-order valence-corrected chi connectivity index (χ0v) is 10.4. The minimum absolute atomic E-state index is 0.158. The average Bonchev–Trinajstić information content (AvgIpc) is 2.90. The molecule has 0 spiro atoms. The maximum atomic E-state index is 13.2. The van der Waals surface area contributed by atoms with Gasteiger partial charge in [0.15, 0.2) is 0 Å². The predicted octanol–water partition coefficient (Wildman–Crippen LogP) is 2.38. The summed E-state index contributed by atoms with van der Waals surface area (Å²) in [5, 5.41) is 2.73. The van der Waals surface area contributed by atoms with Gasteiger partial charge in [-0.15, -0.1) is 0 Å². The number of hydrogen-bond acceptors (Lipinski definition) is 1. The Balaban J connectivity index is 2.13. The molecular formula is C13H8FNOSe. The van der Waals surface area contributed by atoms with E-state index in [4.69, 9.17) is 0 Å². The van der Waals surface area contributed by atoms with Gasteiger partial charge >= 0.3 is 103 Å². The molecule has 17 heavy (non-hydrogen) atoms. The third-order valence-corrected chi connectivity index (χ3v) is 4.31. The number of halogens is 1. The van der Waals surface area contributed by atoms with E-state index in [1.165, 1.54) is 12.1 Å². The molecule has 1 aromatic carbocycles. The van der Waals surface area contributed by atoms with Crippen molar-refractivity contribution in [2.75, 3.05) is 5.32 Å². The van der Waals surface area contributed by atoms with Gasteiger partial charge in [0.05, 0.1) is 0 Å². The molecule has 1 aliphatic heterocycles. The summed E-state index contributed by atoms with van der Waals surface area (Å²) in [5.74, 6) is -0.482. The van der Waals surface area contributed by atoms with Crippen molar-refractivity contribution in [1.29, 1.82) is 0 Å². The molecule has 1 amide bonds. The van der Waals surface area contributed by atoms with Gasteiger partial charge in [0, 0.05) is 0 Å². The van der Waals surface area contributed by atoms with Crippen molar-refractivity contribution in [3.05, 3.63) is 51.1 Å². The van der Waals surface area contributed by atoms with Crippen molar-refractivity contribution < 1.29 is 9.18 Å². The van der Waals surface area contributed by atoms with E-state index >= 15 is 0 Å². The fraction of sp³-hybridized carbons (Fsp3) is 0. The molecule has 3 rings (SSSR count). The SMILES string of the molecule is O=C1Nc2ccc(F)cc2/C1=C/c1ccc[se]1. The standard InChI is InChI=1S/C13H8FNOSe/c14-8-3-4-12-10(6-8)11(13(16)15-12)7-9-2-1-5-17-9/h1-7H,(H,15,16)/b11-7-. The van der Waals surface area contributed by atoms with Crippen LogP contribution in [0.5, 0.6) is 0 Å². The van der Waals surface area contributed by atoms with Crippen LogP contribution in [-0.2, 0) is 4.79 Å². The second-order valence-corrected chi connectivity index (χ2v) is 5.77. The number of benzene rings is 1. The van der Waals surface area contributed by atoms with Crippen LogP contribution in [0.3, 0.4) is 0 Å². The van der Waals surface area contributed by atoms with Crippen LogP contribution in [-0.4, -0.2) is 20.4 Å². The van der Waals surface area contributed by atoms with Crippen LogP contribution in [0.25, 0.3) is 11.6 Å². The van der Waals surface area contributed by atoms with E-state index < -0.39 is 0 Å². The molecule has 0 fully saturated rings. The predicted molar refractivity (Wildman–Crippen MR) is 66.3 cm³/mol. The molecule has 0 aliphatic carbocycles. The Bertz CT molecular complexity index is 616. The molecule has 0 unspecified atom stereocenters. The summed E-state index contributed by atoms with van der Waals surface area (Å²) in [4.78, 5) is 13.9. The fourth-order valence-electron chi connectivity index (χ4n) is 1.82. The molecular weight excluding hydrogens is 284 g/mol. The molecule has 1 aliphatic rings. The van der Waals surface area contributed by atoms with Crippen molar-refractivity contribution in [1.82, 2.24) is 0 Å². The number of fused-ring (bicyclic) bond motifs is 1. The molecule has 0 atom stereocenters. The summed E-state index contributed by atoms with van der Waals surface area (Å²) in [5.41, 5.74) is 1.89. The zero-order chi connectivity index (χ0) is 11.8. The van der Waals surface area contributed by atoms with Gasteiger partial charge in [-0.1, -0.05) is 0 Å². The van der Waals surface area contributed by atoms with Gasteiger partial charge in [0.2, 0.25) is 0 Å². The molecule has 2 heterocycles. The van der Waals surface area contributed by atoms with Crippen LogP contribution < -0.4 is 5.32 Å². The first-order chi connectivity index (χ1) is 8.24. The van der Waals surface area contributed by atoms with Crippen LogP contribution in [0.2, 0.25) is 0 Å². The summed E-state index contributed by atoms with van der Waals surface area (Å²) < 4.78 is 14.3.